The Labute approximate surface area is 97.9 Å². The fraction of sp³-hybridized carbons (Fsp3) is 0.615. The van der Waals surface area contributed by atoms with Gasteiger partial charge in [-0.05, 0) is 38.0 Å². The summed E-state index contributed by atoms with van der Waals surface area (Å²) >= 11 is 0. The molecular weight excluding hydrogens is 198 g/mol. The summed E-state index contributed by atoms with van der Waals surface area (Å²) in [5.74, 6) is 0. The Kier molecular flexibility index (Phi) is 3.56. The Balaban J connectivity index is 2.06. The zero-order valence-electron chi connectivity index (χ0n) is 10.4. The van der Waals surface area contributed by atoms with Crippen molar-refractivity contribution in [3.63, 3.8) is 0 Å². The van der Waals surface area contributed by atoms with Gasteiger partial charge in [0.05, 0.1) is 0 Å². The smallest absolute Gasteiger partial charge is 0.0300 e. The molecular formula is C13H21N3. The summed E-state index contributed by atoms with van der Waals surface area (Å²) in [6.45, 7) is 9.93. The maximum absolute atomic E-state index is 4.14. The van der Waals surface area contributed by atoms with Gasteiger partial charge >= 0.3 is 0 Å². The minimum absolute atomic E-state index is 0.596. The number of nitrogens with one attached hydrogen (secondary N) is 1. The second-order valence-corrected chi connectivity index (χ2v) is 4.89. The SMILES string of the molecule is Cc1cnccc1CN1CC(C)NCC1C. The Bertz CT molecular complexity index is 351. The molecule has 0 spiro atoms. The van der Waals surface area contributed by atoms with E-state index in [1.807, 2.05) is 12.4 Å². The maximum atomic E-state index is 4.14. The number of nitrogens with zero attached hydrogens (tertiary/aromatic N) is 2. The molecule has 2 rings (SSSR count). The molecule has 1 aromatic heterocycles. The van der Waals surface area contributed by atoms with Crippen LogP contribution in [-0.4, -0.2) is 35.1 Å². The van der Waals surface area contributed by atoms with Crippen LogP contribution in [0.3, 0.4) is 0 Å². The summed E-state index contributed by atoms with van der Waals surface area (Å²) in [5, 5.41) is 3.51. The molecule has 0 aromatic carbocycles. The first-order valence-electron chi connectivity index (χ1n) is 6.03. The monoisotopic (exact) mass is 219 g/mol. The van der Waals surface area contributed by atoms with Gasteiger partial charge in [0.15, 0.2) is 0 Å². The third-order valence-corrected chi connectivity index (χ3v) is 3.40. The zero-order valence-corrected chi connectivity index (χ0v) is 10.4. The molecule has 3 heteroatoms. The molecule has 0 radical (unpaired) electrons. The molecule has 2 atom stereocenters. The molecule has 16 heavy (non-hydrogen) atoms. The third kappa shape index (κ3) is 2.60. The fourth-order valence-corrected chi connectivity index (χ4v) is 2.22. The Morgan fingerprint density at radius 2 is 2.31 bits per heavy atom. The summed E-state index contributed by atoms with van der Waals surface area (Å²) in [5.41, 5.74) is 2.69. The van der Waals surface area contributed by atoms with E-state index < -0.39 is 0 Å². The van der Waals surface area contributed by atoms with Crippen molar-refractivity contribution in [2.45, 2.75) is 39.4 Å². The second-order valence-electron chi connectivity index (χ2n) is 4.89. The average Bonchev–Trinajstić information content (AvgIpc) is 2.27. The Morgan fingerprint density at radius 1 is 1.50 bits per heavy atom. The largest absolute Gasteiger partial charge is 0.311 e. The lowest BCUT2D eigenvalue weighted by Gasteiger charge is -2.37. The summed E-state index contributed by atoms with van der Waals surface area (Å²) in [6, 6.07) is 3.34. The van der Waals surface area contributed by atoms with E-state index >= 15 is 0 Å². The van der Waals surface area contributed by atoms with E-state index in [2.05, 4.69) is 42.0 Å². The lowest BCUT2D eigenvalue weighted by atomic mass is 10.1. The van der Waals surface area contributed by atoms with Gasteiger partial charge in [0.25, 0.3) is 0 Å². The Morgan fingerprint density at radius 3 is 3.06 bits per heavy atom. The van der Waals surface area contributed by atoms with Crippen LogP contribution in [0.1, 0.15) is 25.0 Å². The van der Waals surface area contributed by atoms with Crippen LogP contribution in [-0.2, 0) is 6.54 Å². The number of hydrogen-bond acceptors (Lipinski definition) is 3. The van der Waals surface area contributed by atoms with Crippen molar-refractivity contribution in [2.75, 3.05) is 13.1 Å². The van der Waals surface area contributed by atoms with Crippen LogP contribution in [0.2, 0.25) is 0 Å². The molecule has 1 fully saturated rings. The number of aryl methyl sites for hydroxylation is 1. The van der Waals surface area contributed by atoms with Crippen LogP contribution in [0.4, 0.5) is 0 Å². The fourth-order valence-electron chi connectivity index (χ4n) is 2.22. The van der Waals surface area contributed by atoms with Crippen molar-refractivity contribution in [1.29, 1.82) is 0 Å². The zero-order chi connectivity index (χ0) is 11.5. The molecule has 0 bridgehead atoms. The van der Waals surface area contributed by atoms with Crippen LogP contribution in [0.25, 0.3) is 0 Å². The number of piperazine rings is 1. The van der Waals surface area contributed by atoms with Crippen molar-refractivity contribution in [3.8, 4) is 0 Å². The Hall–Kier alpha value is -0.930. The minimum Gasteiger partial charge on any atom is -0.311 e. The van der Waals surface area contributed by atoms with E-state index in [0.717, 1.165) is 19.6 Å². The van der Waals surface area contributed by atoms with Crippen LogP contribution in [0.5, 0.6) is 0 Å². The van der Waals surface area contributed by atoms with Crippen molar-refractivity contribution in [3.05, 3.63) is 29.6 Å². The lowest BCUT2D eigenvalue weighted by molar-refractivity contribution is 0.138. The van der Waals surface area contributed by atoms with Gasteiger partial charge in [-0.1, -0.05) is 0 Å². The quantitative estimate of drug-likeness (QED) is 0.818. The number of hydrogen-bond donors (Lipinski definition) is 1. The third-order valence-electron chi connectivity index (χ3n) is 3.40. The highest BCUT2D eigenvalue weighted by Crippen LogP contribution is 2.14. The molecule has 1 aliphatic rings. The van der Waals surface area contributed by atoms with Crippen molar-refractivity contribution >= 4 is 0 Å². The van der Waals surface area contributed by atoms with Gasteiger partial charge in [-0.2, -0.15) is 0 Å². The molecule has 1 aliphatic heterocycles. The molecule has 3 nitrogen and oxygen atoms in total. The van der Waals surface area contributed by atoms with E-state index in [-0.39, 0.29) is 0 Å². The molecule has 0 amide bonds. The van der Waals surface area contributed by atoms with E-state index in [1.54, 1.807) is 0 Å². The summed E-state index contributed by atoms with van der Waals surface area (Å²) in [6.07, 6.45) is 3.84. The van der Waals surface area contributed by atoms with Crippen LogP contribution in [0.15, 0.2) is 18.5 Å². The molecule has 0 aliphatic carbocycles. The normalized spacial score (nSPS) is 26.9. The number of rotatable bonds is 2. The van der Waals surface area contributed by atoms with Gasteiger partial charge in [0.2, 0.25) is 0 Å². The molecule has 1 N–H and O–H groups in total. The summed E-state index contributed by atoms with van der Waals surface area (Å²) < 4.78 is 0. The van der Waals surface area contributed by atoms with Crippen molar-refractivity contribution in [2.24, 2.45) is 0 Å². The molecule has 2 unspecified atom stereocenters. The van der Waals surface area contributed by atoms with Crippen LogP contribution in [0, 0.1) is 6.92 Å². The lowest BCUT2D eigenvalue weighted by Crippen LogP contribution is -2.53. The second kappa shape index (κ2) is 4.93. The average molecular weight is 219 g/mol. The highest BCUT2D eigenvalue weighted by molar-refractivity contribution is 5.21. The molecule has 2 heterocycles. The molecule has 88 valence electrons. The minimum atomic E-state index is 0.596. The first-order valence-corrected chi connectivity index (χ1v) is 6.03. The van der Waals surface area contributed by atoms with Gasteiger partial charge < -0.3 is 5.32 Å². The van der Waals surface area contributed by atoms with Crippen molar-refractivity contribution in [1.82, 2.24) is 15.2 Å². The van der Waals surface area contributed by atoms with Gasteiger partial charge in [-0.15, -0.1) is 0 Å². The standard InChI is InChI=1S/C13H21N3/c1-10-6-14-5-4-13(10)9-16-8-11(2)15-7-12(16)3/h4-6,11-12,15H,7-9H2,1-3H3. The molecule has 1 saturated heterocycles. The first kappa shape index (κ1) is 11.6. The van der Waals surface area contributed by atoms with E-state index in [0.29, 0.717) is 12.1 Å². The van der Waals surface area contributed by atoms with Crippen molar-refractivity contribution < 1.29 is 0 Å². The molecule has 0 saturated carbocycles. The van der Waals surface area contributed by atoms with Gasteiger partial charge in [-0.3, -0.25) is 9.88 Å². The van der Waals surface area contributed by atoms with Gasteiger partial charge in [0, 0.05) is 44.1 Å². The first-order chi connectivity index (χ1) is 7.66. The van der Waals surface area contributed by atoms with E-state index in [9.17, 15) is 0 Å². The topological polar surface area (TPSA) is 28.2 Å². The van der Waals surface area contributed by atoms with E-state index in [4.69, 9.17) is 0 Å². The highest BCUT2D eigenvalue weighted by Gasteiger charge is 2.22. The van der Waals surface area contributed by atoms with Crippen LogP contribution < -0.4 is 5.32 Å². The summed E-state index contributed by atoms with van der Waals surface area (Å²) in [7, 11) is 0. The highest BCUT2D eigenvalue weighted by atomic mass is 15.2. The maximum Gasteiger partial charge on any atom is 0.0300 e. The molecule has 1 aromatic rings. The summed E-state index contributed by atoms with van der Waals surface area (Å²) in [4.78, 5) is 6.69. The number of pyridine rings is 1. The van der Waals surface area contributed by atoms with Gasteiger partial charge in [-0.25, -0.2) is 0 Å². The van der Waals surface area contributed by atoms with Gasteiger partial charge in [0.1, 0.15) is 0 Å². The van der Waals surface area contributed by atoms with Crippen LogP contribution >= 0.6 is 0 Å². The predicted molar refractivity (Wildman–Crippen MR) is 66.3 cm³/mol. The predicted octanol–water partition coefficient (Wildman–Crippen LogP) is 1.57. The van der Waals surface area contributed by atoms with E-state index in [1.165, 1.54) is 11.1 Å². The number of aromatic nitrogens is 1.